The number of aliphatic carboxylic acids is 1. The molecule has 0 heterocycles. The molecule has 0 aliphatic heterocycles. The molecule has 1 N–H and O–H groups in total. The molecule has 1 aromatic carbocycles. The molecular weight excluding hydrogens is 347 g/mol. The minimum atomic E-state index is -0.923. The van der Waals surface area contributed by atoms with Crippen molar-refractivity contribution in [3.05, 3.63) is 32.5 Å². The van der Waals surface area contributed by atoms with Crippen LogP contribution in [-0.4, -0.2) is 28.6 Å². The number of nitro benzene ring substituents is 1. The van der Waals surface area contributed by atoms with Crippen LogP contribution in [0, 0.1) is 15.9 Å². The second kappa shape index (κ2) is 7.35. The monoisotopic (exact) mass is 362 g/mol. The third-order valence-electron chi connectivity index (χ3n) is 2.94. The Labute approximate surface area is 129 Å². The molecule has 116 valence electrons. The lowest BCUT2D eigenvalue weighted by Crippen LogP contribution is -2.32. The molecule has 0 spiro atoms. The summed E-state index contributed by atoms with van der Waals surface area (Å²) in [5.74, 6) is -1.63. The molecule has 6 nitrogen and oxygen atoms in total. The van der Waals surface area contributed by atoms with Gasteiger partial charge in [-0.3, -0.25) is 14.9 Å². The van der Waals surface area contributed by atoms with Crippen molar-refractivity contribution >= 4 is 33.3 Å². The van der Waals surface area contributed by atoms with Crippen molar-refractivity contribution < 1.29 is 19.2 Å². The maximum absolute atomic E-state index is 13.5. The van der Waals surface area contributed by atoms with E-state index in [2.05, 4.69) is 15.9 Å². The van der Waals surface area contributed by atoms with Gasteiger partial charge < -0.3 is 10.0 Å². The maximum atomic E-state index is 13.5. The summed E-state index contributed by atoms with van der Waals surface area (Å²) in [7, 11) is 0. The van der Waals surface area contributed by atoms with Crippen molar-refractivity contribution in [1.29, 1.82) is 0 Å². The number of benzene rings is 1. The average Bonchev–Trinajstić information content (AvgIpc) is 2.36. The van der Waals surface area contributed by atoms with Gasteiger partial charge in [0.1, 0.15) is 11.5 Å². The number of hydrogen-bond donors (Lipinski definition) is 1. The molecule has 0 amide bonds. The second-order valence-electron chi connectivity index (χ2n) is 4.80. The lowest BCUT2D eigenvalue weighted by atomic mass is 10.1. The minimum Gasteiger partial charge on any atom is -0.481 e. The zero-order valence-corrected chi connectivity index (χ0v) is 13.3. The molecule has 1 aromatic rings. The van der Waals surface area contributed by atoms with E-state index < -0.39 is 16.7 Å². The van der Waals surface area contributed by atoms with Gasteiger partial charge in [-0.25, -0.2) is 4.39 Å². The van der Waals surface area contributed by atoms with Crippen LogP contribution in [0.1, 0.15) is 26.7 Å². The van der Waals surface area contributed by atoms with Gasteiger partial charge in [-0.05, 0) is 42.3 Å². The summed E-state index contributed by atoms with van der Waals surface area (Å²) in [4.78, 5) is 22.7. The van der Waals surface area contributed by atoms with Gasteiger partial charge in [0.25, 0.3) is 5.69 Å². The Bertz CT molecular complexity index is 551. The Morgan fingerprint density at radius 3 is 2.62 bits per heavy atom. The number of nitrogens with zero attached hydrogens (tertiary/aromatic N) is 2. The first-order valence-electron chi connectivity index (χ1n) is 6.36. The van der Waals surface area contributed by atoms with E-state index in [0.717, 1.165) is 6.07 Å². The highest BCUT2D eigenvalue weighted by atomic mass is 79.9. The van der Waals surface area contributed by atoms with Crippen molar-refractivity contribution in [1.82, 2.24) is 0 Å². The number of carboxylic acid groups (broad SMARTS) is 1. The number of halogens is 2. The van der Waals surface area contributed by atoms with Crippen LogP contribution < -0.4 is 4.90 Å². The second-order valence-corrected chi connectivity index (χ2v) is 5.65. The van der Waals surface area contributed by atoms with E-state index >= 15 is 0 Å². The first kappa shape index (κ1) is 17.4. The molecule has 0 bridgehead atoms. The van der Waals surface area contributed by atoms with E-state index in [1.165, 1.54) is 6.07 Å². The van der Waals surface area contributed by atoms with Gasteiger partial charge in [0.15, 0.2) is 0 Å². The van der Waals surface area contributed by atoms with E-state index in [4.69, 9.17) is 5.11 Å². The van der Waals surface area contributed by atoms with E-state index in [1.54, 1.807) is 4.90 Å². The standard InChI is InChI=1S/C13H16BrFN2O4/c1-8(2)16(5-3-4-13(18)19)11-6-9(14)10(15)7-12(11)17(20)21/h6-8H,3-5H2,1-2H3,(H,18,19). The number of carbonyl (C=O) groups is 1. The van der Waals surface area contributed by atoms with Crippen LogP contribution in [0.15, 0.2) is 16.6 Å². The van der Waals surface area contributed by atoms with Crippen molar-refractivity contribution in [2.45, 2.75) is 32.7 Å². The van der Waals surface area contributed by atoms with Gasteiger partial charge in [-0.1, -0.05) is 0 Å². The Balaban J connectivity index is 3.15. The van der Waals surface area contributed by atoms with Crippen LogP contribution in [0.4, 0.5) is 15.8 Å². The van der Waals surface area contributed by atoms with Crippen LogP contribution in [0.5, 0.6) is 0 Å². The fourth-order valence-corrected chi connectivity index (χ4v) is 2.29. The Morgan fingerprint density at radius 1 is 1.52 bits per heavy atom. The van der Waals surface area contributed by atoms with Crippen molar-refractivity contribution in [2.75, 3.05) is 11.4 Å². The fraction of sp³-hybridized carbons (Fsp3) is 0.462. The molecule has 0 radical (unpaired) electrons. The largest absolute Gasteiger partial charge is 0.481 e. The Hall–Kier alpha value is -1.70. The maximum Gasteiger partial charge on any atom is 0.303 e. The summed E-state index contributed by atoms with van der Waals surface area (Å²) < 4.78 is 13.6. The molecule has 0 atom stereocenters. The summed E-state index contributed by atoms with van der Waals surface area (Å²) >= 11 is 3.02. The minimum absolute atomic E-state index is 0.0284. The van der Waals surface area contributed by atoms with Crippen LogP contribution in [0.3, 0.4) is 0 Å². The number of nitro groups is 1. The summed E-state index contributed by atoms with van der Waals surface area (Å²) in [5.41, 5.74) is -0.0617. The molecule has 8 heteroatoms. The van der Waals surface area contributed by atoms with Gasteiger partial charge in [0, 0.05) is 19.0 Å². The average molecular weight is 363 g/mol. The molecule has 21 heavy (non-hydrogen) atoms. The molecule has 0 fully saturated rings. The quantitative estimate of drug-likeness (QED) is 0.591. The molecule has 0 aliphatic carbocycles. The first-order chi connectivity index (χ1) is 9.73. The highest BCUT2D eigenvalue weighted by molar-refractivity contribution is 9.10. The van der Waals surface area contributed by atoms with Gasteiger partial charge >= 0.3 is 5.97 Å². The third-order valence-corrected chi connectivity index (χ3v) is 3.54. The molecular formula is C13H16BrFN2O4. The smallest absolute Gasteiger partial charge is 0.303 e. The van der Waals surface area contributed by atoms with Crippen molar-refractivity contribution in [2.24, 2.45) is 0 Å². The van der Waals surface area contributed by atoms with Crippen LogP contribution in [-0.2, 0) is 4.79 Å². The molecule has 0 saturated heterocycles. The van der Waals surface area contributed by atoms with Crippen LogP contribution >= 0.6 is 15.9 Å². The Morgan fingerprint density at radius 2 is 2.14 bits per heavy atom. The van der Waals surface area contributed by atoms with Crippen LogP contribution in [0.25, 0.3) is 0 Å². The van der Waals surface area contributed by atoms with E-state index in [-0.39, 0.29) is 28.3 Å². The normalized spacial score (nSPS) is 10.7. The van der Waals surface area contributed by atoms with E-state index in [0.29, 0.717) is 13.0 Å². The van der Waals surface area contributed by atoms with E-state index in [9.17, 15) is 19.3 Å². The zero-order valence-electron chi connectivity index (χ0n) is 11.7. The topological polar surface area (TPSA) is 83.7 Å². The zero-order chi connectivity index (χ0) is 16.2. The third kappa shape index (κ3) is 4.66. The van der Waals surface area contributed by atoms with Crippen LogP contribution in [0.2, 0.25) is 0 Å². The molecule has 0 unspecified atom stereocenters. The lowest BCUT2D eigenvalue weighted by Gasteiger charge is -2.28. The summed E-state index contributed by atoms with van der Waals surface area (Å²) in [6.45, 7) is 4.01. The molecule has 0 aromatic heterocycles. The van der Waals surface area contributed by atoms with Gasteiger partial charge in [-0.2, -0.15) is 0 Å². The molecule has 0 saturated carbocycles. The summed E-state index contributed by atoms with van der Waals surface area (Å²) in [6, 6.07) is 2.13. The number of carboxylic acids is 1. The number of hydrogen-bond acceptors (Lipinski definition) is 4. The van der Waals surface area contributed by atoms with Gasteiger partial charge in [0.05, 0.1) is 15.5 Å². The molecule has 0 aliphatic rings. The highest BCUT2D eigenvalue weighted by Gasteiger charge is 2.24. The predicted octanol–water partition coefficient (Wildman–Crippen LogP) is 3.58. The SMILES string of the molecule is CC(C)N(CCCC(=O)O)c1cc(Br)c(F)cc1[N+](=O)[O-]. The summed E-state index contributed by atoms with van der Waals surface area (Å²) in [5, 5.41) is 19.8. The highest BCUT2D eigenvalue weighted by Crippen LogP contribution is 2.34. The fourth-order valence-electron chi connectivity index (χ4n) is 1.96. The Kier molecular flexibility index (Phi) is 6.07. The van der Waals surface area contributed by atoms with E-state index in [1.807, 2.05) is 13.8 Å². The molecule has 1 rings (SSSR count). The lowest BCUT2D eigenvalue weighted by molar-refractivity contribution is -0.384. The van der Waals surface area contributed by atoms with Gasteiger partial charge in [0.2, 0.25) is 0 Å². The first-order valence-corrected chi connectivity index (χ1v) is 7.15. The number of anilines is 1. The van der Waals surface area contributed by atoms with Crippen molar-refractivity contribution in [3.8, 4) is 0 Å². The number of rotatable bonds is 7. The van der Waals surface area contributed by atoms with Gasteiger partial charge in [-0.15, -0.1) is 0 Å². The summed E-state index contributed by atoms with van der Waals surface area (Å²) in [6.07, 6.45) is 0.318. The predicted molar refractivity (Wildman–Crippen MR) is 80.1 cm³/mol. The van der Waals surface area contributed by atoms with Crippen molar-refractivity contribution in [3.63, 3.8) is 0 Å².